The van der Waals surface area contributed by atoms with Crippen LogP contribution >= 0.6 is 0 Å². The predicted octanol–water partition coefficient (Wildman–Crippen LogP) is 2.55. The van der Waals surface area contributed by atoms with Crippen molar-refractivity contribution in [3.05, 3.63) is 12.2 Å². The first kappa shape index (κ1) is 8.70. The fourth-order valence-corrected chi connectivity index (χ4v) is 0.626. The van der Waals surface area contributed by atoms with Crippen LogP contribution in [0.3, 0.4) is 0 Å². The van der Waals surface area contributed by atoms with Crippen molar-refractivity contribution in [2.75, 3.05) is 6.61 Å². The standard InChI is InChI=1S/C8H15O/c1-2-3-4-5-6-7-8-9/h5-6H,2-4,7-8H2,1H3/b6-5+. The molecule has 0 bridgehead atoms. The summed E-state index contributed by atoms with van der Waals surface area (Å²) in [5, 5.41) is 9.91. The zero-order chi connectivity index (χ0) is 6.95. The molecule has 0 rings (SSSR count). The highest BCUT2D eigenvalue weighted by Gasteiger charge is 1.77. The minimum absolute atomic E-state index is 0.0304. The van der Waals surface area contributed by atoms with Gasteiger partial charge in [-0.05, 0) is 12.8 Å². The Morgan fingerprint density at radius 1 is 1.22 bits per heavy atom. The van der Waals surface area contributed by atoms with Crippen molar-refractivity contribution in [1.82, 2.24) is 0 Å². The molecule has 0 saturated carbocycles. The lowest BCUT2D eigenvalue weighted by atomic mass is 10.2. The third-order valence-electron chi connectivity index (χ3n) is 1.18. The largest absolute Gasteiger partial charge is 0.236 e. The number of hydrogen-bond acceptors (Lipinski definition) is 0. The Morgan fingerprint density at radius 3 is 2.44 bits per heavy atom. The molecule has 1 heteroatoms. The van der Waals surface area contributed by atoms with Gasteiger partial charge in [-0.15, -0.1) is 0 Å². The van der Waals surface area contributed by atoms with Gasteiger partial charge < -0.3 is 0 Å². The van der Waals surface area contributed by atoms with Crippen LogP contribution in [0.2, 0.25) is 0 Å². The lowest BCUT2D eigenvalue weighted by Gasteiger charge is -1.86. The molecule has 0 heterocycles. The number of rotatable bonds is 5. The molecule has 0 aliphatic carbocycles. The van der Waals surface area contributed by atoms with Crippen LogP contribution in [0.4, 0.5) is 0 Å². The van der Waals surface area contributed by atoms with Gasteiger partial charge in [0.05, 0.1) is 6.61 Å². The van der Waals surface area contributed by atoms with Crippen LogP contribution in [0.25, 0.3) is 0 Å². The first-order valence-electron chi connectivity index (χ1n) is 3.65. The van der Waals surface area contributed by atoms with Gasteiger partial charge in [0.1, 0.15) is 0 Å². The van der Waals surface area contributed by atoms with Crippen LogP contribution in [0.15, 0.2) is 12.2 Å². The first-order valence-corrected chi connectivity index (χ1v) is 3.65. The van der Waals surface area contributed by atoms with Crippen molar-refractivity contribution >= 4 is 0 Å². The Morgan fingerprint density at radius 2 is 1.89 bits per heavy atom. The maximum absolute atomic E-state index is 9.91. The average Bonchev–Trinajstić information content (AvgIpc) is 1.89. The van der Waals surface area contributed by atoms with E-state index in [-0.39, 0.29) is 6.61 Å². The van der Waals surface area contributed by atoms with Crippen molar-refractivity contribution in [2.45, 2.75) is 32.6 Å². The second kappa shape index (κ2) is 7.70. The maximum Gasteiger partial charge on any atom is 0.0856 e. The molecule has 1 nitrogen and oxygen atoms in total. The van der Waals surface area contributed by atoms with Crippen LogP contribution in [-0.4, -0.2) is 6.61 Å². The molecule has 1 radical (unpaired) electrons. The summed E-state index contributed by atoms with van der Waals surface area (Å²) in [5.74, 6) is 0. The highest BCUT2D eigenvalue weighted by Crippen LogP contribution is 1.95. The topological polar surface area (TPSA) is 19.9 Å². The molecular formula is C8H15O. The Bertz CT molecular complexity index is 67.0. The lowest BCUT2D eigenvalue weighted by molar-refractivity contribution is 0.199. The van der Waals surface area contributed by atoms with Gasteiger partial charge in [-0.25, -0.2) is 5.11 Å². The van der Waals surface area contributed by atoms with Crippen LogP contribution in [-0.2, 0) is 5.11 Å². The molecule has 0 fully saturated rings. The van der Waals surface area contributed by atoms with E-state index in [1.54, 1.807) is 0 Å². The first-order chi connectivity index (χ1) is 4.41. The average molecular weight is 127 g/mol. The number of allylic oxidation sites excluding steroid dienone is 1. The van der Waals surface area contributed by atoms with E-state index in [1.807, 2.05) is 6.08 Å². The monoisotopic (exact) mass is 127 g/mol. The van der Waals surface area contributed by atoms with Gasteiger partial charge >= 0.3 is 0 Å². The van der Waals surface area contributed by atoms with Gasteiger partial charge in [0.25, 0.3) is 0 Å². The molecule has 9 heavy (non-hydrogen) atoms. The molecule has 0 spiro atoms. The molecule has 0 aliphatic heterocycles. The van der Waals surface area contributed by atoms with Gasteiger partial charge in [0, 0.05) is 0 Å². The van der Waals surface area contributed by atoms with Gasteiger partial charge in [-0.3, -0.25) is 0 Å². The summed E-state index contributed by atoms with van der Waals surface area (Å²) < 4.78 is 0. The molecule has 53 valence electrons. The molecule has 0 atom stereocenters. The second-order valence-electron chi connectivity index (χ2n) is 2.11. The summed E-state index contributed by atoms with van der Waals surface area (Å²) in [7, 11) is 0. The molecule has 0 aromatic carbocycles. The number of unbranched alkanes of at least 4 members (excludes halogenated alkanes) is 2. The third-order valence-corrected chi connectivity index (χ3v) is 1.18. The van der Waals surface area contributed by atoms with Gasteiger partial charge in [-0.1, -0.05) is 31.9 Å². The highest BCUT2D eigenvalue weighted by atomic mass is 16.2. The zero-order valence-electron chi connectivity index (χ0n) is 6.10. The maximum atomic E-state index is 9.91. The highest BCUT2D eigenvalue weighted by molar-refractivity contribution is 4.80. The van der Waals surface area contributed by atoms with Gasteiger partial charge in [-0.2, -0.15) is 0 Å². The smallest absolute Gasteiger partial charge is 0.0856 e. The minimum atomic E-state index is 0.0304. The van der Waals surface area contributed by atoms with Gasteiger partial charge in [0.2, 0.25) is 0 Å². The predicted molar refractivity (Wildman–Crippen MR) is 38.8 cm³/mol. The Hall–Kier alpha value is -0.300. The van der Waals surface area contributed by atoms with E-state index in [0.29, 0.717) is 6.42 Å². The Kier molecular flexibility index (Phi) is 7.44. The van der Waals surface area contributed by atoms with E-state index in [0.717, 1.165) is 6.42 Å². The van der Waals surface area contributed by atoms with Crippen molar-refractivity contribution in [3.8, 4) is 0 Å². The molecule has 0 saturated heterocycles. The quantitative estimate of drug-likeness (QED) is 0.399. The van der Waals surface area contributed by atoms with Crippen LogP contribution in [0.1, 0.15) is 32.6 Å². The molecule has 0 amide bonds. The second-order valence-corrected chi connectivity index (χ2v) is 2.11. The summed E-state index contributed by atoms with van der Waals surface area (Å²) in [6.45, 7) is 2.20. The van der Waals surface area contributed by atoms with Crippen molar-refractivity contribution < 1.29 is 5.11 Å². The van der Waals surface area contributed by atoms with Crippen LogP contribution in [0.5, 0.6) is 0 Å². The van der Waals surface area contributed by atoms with E-state index in [2.05, 4.69) is 13.0 Å². The molecule has 0 aromatic heterocycles. The van der Waals surface area contributed by atoms with Crippen LogP contribution in [0, 0.1) is 0 Å². The zero-order valence-corrected chi connectivity index (χ0v) is 6.10. The SMILES string of the molecule is CCCC/C=C/CC[O]. The van der Waals surface area contributed by atoms with Crippen molar-refractivity contribution in [2.24, 2.45) is 0 Å². The fourth-order valence-electron chi connectivity index (χ4n) is 0.626. The molecule has 0 N–H and O–H groups in total. The summed E-state index contributed by atoms with van der Waals surface area (Å²) >= 11 is 0. The van der Waals surface area contributed by atoms with E-state index in [1.165, 1.54) is 12.8 Å². The normalized spacial score (nSPS) is 10.9. The van der Waals surface area contributed by atoms with E-state index < -0.39 is 0 Å². The van der Waals surface area contributed by atoms with Crippen molar-refractivity contribution in [1.29, 1.82) is 0 Å². The molecule has 0 aromatic rings. The summed E-state index contributed by atoms with van der Waals surface area (Å²) in [4.78, 5) is 0. The Balaban J connectivity index is 2.86. The minimum Gasteiger partial charge on any atom is -0.236 e. The fraction of sp³-hybridized carbons (Fsp3) is 0.750. The van der Waals surface area contributed by atoms with Gasteiger partial charge in [0.15, 0.2) is 0 Å². The van der Waals surface area contributed by atoms with E-state index in [9.17, 15) is 5.11 Å². The summed E-state index contributed by atoms with van der Waals surface area (Å²) in [6.07, 6.45) is 8.39. The lowest BCUT2D eigenvalue weighted by Crippen LogP contribution is -1.73. The third kappa shape index (κ3) is 7.70. The summed E-state index contributed by atoms with van der Waals surface area (Å²) in [5.41, 5.74) is 0. The molecular weight excluding hydrogens is 112 g/mol. The summed E-state index contributed by atoms with van der Waals surface area (Å²) in [6, 6.07) is 0. The number of hydrogen-bond donors (Lipinski definition) is 0. The Labute approximate surface area is 57.4 Å². The van der Waals surface area contributed by atoms with E-state index in [4.69, 9.17) is 0 Å². The molecule has 0 unspecified atom stereocenters. The van der Waals surface area contributed by atoms with Crippen LogP contribution < -0.4 is 0 Å². The molecule has 0 aliphatic rings. The van der Waals surface area contributed by atoms with Crippen molar-refractivity contribution in [3.63, 3.8) is 0 Å². The van der Waals surface area contributed by atoms with E-state index >= 15 is 0 Å².